The van der Waals surface area contributed by atoms with Crippen LogP contribution in [0.4, 0.5) is 5.82 Å². The molecule has 0 saturated heterocycles. The normalized spacial score (nSPS) is 17.2. The lowest BCUT2D eigenvalue weighted by Gasteiger charge is -2.21. The topological polar surface area (TPSA) is 47.1 Å². The number of aromatic nitrogens is 2. The van der Waals surface area contributed by atoms with Crippen LogP contribution in [0.25, 0.3) is 0 Å². The molecule has 1 aromatic rings. The standard InChI is InChI=1S/C13H24N4/c1-9(14)7-12-10(2)15-17(4)13(12)16(3)8-11-5-6-11/h9,11H,5-8,14H2,1-4H3. The number of anilines is 1. The molecule has 4 heteroatoms. The predicted molar refractivity (Wildman–Crippen MR) is 71.3 cm³/mol. The molecule has 17 heavy (non-hydrogen) atoms. The molecule has 1 aliphatic rings. The molecule has 1 aliphatic carbocycles. The molecule has 4 nitrogen and oxygen atoms in total. The monoisotopic (exact) mass is 236 g/mol. The van der Waals surface area contributed by atoms with E-state index in [1.54, 1.807) is 0 Å². The fourth-order valence-electron chi connectivity index (χ4n) is 2.50. The first kappa shape index (κ1) is 12.4. The maximum absolute atomic E-state index is 5.93. The largest absolute Gasteiger partial charge is 0.359 e. The summed E-state index contributed by atoms with van der Waals surface area (Å²) < 4.78 is 2.00. The lowest BCUT2D eigenvalue weighted by Crippen LogP contribution is -2.25. The summed E-state index contributed by atoms with van der Waals surface area (Å²) in [5.41, 5.74) is 8.35. The molecule has 0 aromatic carbocycles. The van der Waals surface area contributed by atoms with Gasteiger partial charge in [-0.25, -0.2) is 0 Å². The smallest absolute Gasteiger partial charge is 0.129 e. The van der Waals surface area contributed by atoms with Crippen LogP contribution in [-0.4, -0.2) is 29.4 Å². The Balaban J connectivity index is 2.22. The average molecular weight is 236 g/mol. The van der Waals surface area contributed by atoms with E-state index < -0.39 is 0 Å². The summed E-state index contributed by atoms with van der Waals surface area (Å²) in [7, 11) is 4.19. The Morgan fingerprint density at radius 3 is 2.71 bits per heavy atom. The Bertz CT molecular complexity index is 390. The molecule has 2 N–H and O–H groups in total. The summed E-state index contributed by atoms with van der Waals surface area (Å²) >= 11 is 0. The number of nitrogens with zero attached hydrogens (tertiary/aromatic N) is 3. The molecule has 1 fully saturated rings. The maximum Gasteiger partial charge on any atom is 0.129 e. The van der Waals surface area contributed by atoms with Crippen molar-refractivity contribution in [3.63, 3.8) is 0 Å². The Morgan fingerprint density at radius 1 is 1.53 bits per heavy atom. The van der Waals surface area contributed by atoms with Gasteiger partial charge in [0.1, 0.15) is 5.82 Å². The lowest BCUT2D eigenvalue weighted by atomic mass is 10.1. The first-order valence-corrected chi connectivity index (χ1v) is 6.48. The highest BCUT2D eigenvalue weighted by atomic mass is 15.4. The molecule has 96 valence electrons. The highest BCUT2D eigenvalue weighted by Crippen LogP contribution is 2.32. The first-order chi connectivity index (χ1) is 7.99. The number of nitrogens with two attached hydrogens (primary N) is 1. The van der Waals surface area contributed by atoms with Gasteiger partial charge in [0.2, 0.25) is 0 Å². The highest BCUT2D eigenvalue weighted by Gasteiger charge is 2.26. The molecule has 1 unspecified atom stereocenters. The summed E-state index contributed by atoms with van der Waals surface area (Å²) in [5, 5.41) is 4.53. The van der Waals surface area contributed by atoms with Crippen LogP contribution < -0.4 is 10.6 Å². The number of rotatable bonds is 5. The number of hydrogen-bond donors (Lipinski definition) is 1. The van der Waals surface area contributed by atoms with Gasteiger partial charge in [-0.15, -0.1) is 0 Å². The molecule has 2 rings (SSSR count). The van der Waals surface area contributed by atoms with Gasteiger partial charge < -0.3 is 10.6 Å². The van der Waals surface area contributed by atoms with Gasteiger partial charge in [0.05, 0.1) is 5.69 Å². The van der Waals surface area contributed by atoms with Crippen LogP contribution >= 0.6 is 0 Å². The van der Waals surface area contributed by atoms with E-state index in [2.05, 4.69) is 30.9 Å². The second-order valence-corrected chi connectivity index (χ2v) is 5.52. The van der Waals surface area contributed by atoms with Crippen molar-refractivity contribution in [2.45, 2.75) is 39.2 Å². The summed E-state index contributed by atoms with van der Waals surface area (Å²) in [6, 6.07) is 0.186. The minimum absolute atomic E-state index is 0.186. The molecular weight excluding hydrogens is 212 g/mol. The van der Waals surface area contributed by atoms with Crippen molar-refractivity contribution in [2.75, 3.05) is 18.5 Å². The van der Waals surface area contributed by atoms with Crippen molar-refractivity contribution >= 4 is 5.82 Å². The van der Waals surface area contributed by atoms with Crippen LogP contribution in [0.2, 0.25) is 0 Å². The van der Waals surface area contributed by atoms with E-state index in [1.165, 1.54) is 24.2 Å². The Hall–Kier alpha value is -1.03. The van der Waals surface area contributed by atoms with Gasteiger partial charge in [0, 0.05) is 32.2 Å². The van der Waals surface area contributed by atoms with Crippen LogP contribution in [0.15, 0.2) is 0 Å². The molecule has 1 saturated carbocycles. The van der Waals surface area contributed by atoms with Crippen LogP contribution in [0.1, 0.15) is 31.0 Å². The van der Waals surface area contributed by atoms with E-state index >= 15 is 0 Å². The summed E-state index contributed by atoms with van der Waals surface area (Å²) in [6.07, 6.45) is 3.66. The van der Waals surface area contributed by atoms with Gasteiger partial charge in [-0.3, -0.25) is 4.68 Å². The molecule has 1 atom stereocenters. The molecule has 0 spiro atoms. The lowest BCUT2D eigenvalue weighted by molar-refractivity contribution is 0.695. The van der Waals surface area contributed by atoms with Gasteiger partial charge in [0.25, 0.3) is 0 Å². The second kappa shape index (κ2) is 4.69. The van der Waals surface area contributed by atoms with E-state index in [9.17, 15) is 0 Å². The number of aryl methyl sites for hydroxylation is 2. The van der Waals surface area contributed by atoms with Gasteiger partial charge in [-0.2, -0.15) is 5.10 Å². The summed E-state index contributed by atoms with van der Waals surface area (Å²) in [4.78, 5) is 2.34. The number of hydrogen-bond acceptors (Lipinski definition) is 3. The van der Waals surface area contributed by atoms with Crippen LogP contribution in [0, 0.1) is 12.8 Å². The Kier molecular flexibility index (Phi) is 3.43. The highest BCUT2D eigenvalue weighted by molar-refractivity contribution is 5.50. The van der Waals surface area contributed by atoms with Gasteiger partial charge in [-0.05, 0) is 39.0 Å². The Labute approximate surface area is 104 Å². The third kappa shape index (κ3) is 2.80. The third-order valence-electron chi connectivity index (χ3n) is 3.43. The van der Waals surface area contributed by atoms with Crippen LogP contribution in [-0.2, 0) is 13.5 Å². The maximum atomic E-state index is 5.93. The first-order valence-electron chi connectivity index (χ1n) is 6.48. The zero-order chi connectivity index (χ0) is 12.6. The molecule has 0 aliphatic heterocycles. The van der Waals surface area contributed by atoms with Gasteiger partial charge in [-0.1, -0.05) is 0 Å². The zero-order valence-electron chi connectivity index (χ0n) is 11.4. The van der Waals surface area contributed by atoms with Crippen molar-refractivity contribution in [2.24, 2.45) is 18.7 Å². The van der Waals surface area contributed by atoms with E-state index in [-0.39, 0.29) is 6.04 Å². The minimum atomic E-state index is 0.186. The fraction of sp³-hybridized carbons (Fsp3) is 0.769. The van der Waals surface area contributed by atoms with Crippen LogP contribution in [0.3, 0.4) is 0 Å². The van der Waals surface area contributed by atoms with Crippen molar-refractivity contribution < 1.29 is 0 Å². The summed E-state index contributed by atoms with van der Waals surface area (Å²) in [5.74, 6) is 2.13. The minimum Gasteiger partial charge on any atom is -0.359 e. The third-order valence-corrected chi connectivity index (χ3v) is 3.43. The van der Waals surface area contributed by atoms with E-state index in [0.717, 1.165) is 24.6 Å². The average Bonchev–Trinajstić information content (AvgIpc) is 2.95. The zero-order valence-corrected chi connectivity index (χ0v) is 11.4. The Morgan fingerprint density at radius 2 is 2.18 bits per heavy atom. The molecule has 1 heterocycles. The molecule has 1 aromatic heterocycles. The van der Waals surface area contributed by atoms with Crippen molar-refractivity contribution in [3.05, 3.63) is 11.3 Å². The molecule has 0 amide bonds. The SMILES string of the molecule is Cc1nn(C)c(N(C)CC2CC2)c1CC(C)N. The molecule has 0 radical (unpaired) electrons. The molecular formula is C13H24N4. The fourth-order valence-corrected chi connectivity index (χ4v) is 2.50. The quantitative estimate of drug-likeness (QED) is 0.842. The van der Waals surface area contributed by atoms with Crippen molar-refractivity contribution in [1.82, 2.24) is 9.78 Å². The van der Waals surface area contributed by atoms with Gasteiger partial charge in [0.15, 0.2) is 0 Å². The van der Waals surface area contributed by atoms with E-state index in [0.29, 0.717) is 0 Å². The molecule has 0 bridgehead atoms. The second-order valence-electron chi connectivity index (χ2n) is 5.52. The van der Waals surface area contributed by atoms with E-state index in [1.807, 2.05) is 11.7 Å². The van der Waals surface area contributed by atoms with Crippen molar-refractivity contribution in [1.29, 1.82) is 0 Å². The summed E-state index contributed by atoms with van der Waals surface area (Å²) in [6.45, 7) is 5.27. The predicted octanol–water partition coefficient (Wildman–Crippen LogP) is 1.46. The van der Waals surface area contributed by atoms with E-state index in [4.69, 9.17) is 5.73 Å². The van der Waals surface area contributed by atoms with Gasteiger partial charge >= 0.3 is 0 Å². The van der Waals surface area contributed by atoms with Crippen LogP contribution in [0.5, 0.6) is 0 Å². The van der Waals surface area contributed by atoms with Crippen molar-refractivity contribution in [3.8, 4) is 0 Å².